The summed E-state index contributed by atoms with van der Waals surface area (Å²) < 4.78 is 22.9. The van der Waals surface area contributed by atoms with Gasteiger partial charge in [0.1, 0.15) is 0 Å². The van der Waals surface area contributed by atoms with Gasteiger partial charge in [0.15, 0.2) is 5.16 Å². The zero-order valence-electron chi connectivity index (χ0n) is 16.6. The van der Waals surface area contributed by atoms with E-state index < -0.39 is 5.95 Å². The Hall–Kier alpha value is -2.13. The van der Waals surface area contributed by atoms with Crippen molar-refractivity contribution in [1.29, 1.82) is 0 Å². The van der Waals surface area contributed by atoms with Crippen molar-refractivity contribution in [3.05, 3.63) is 52.6 Å². The number of likely N-dealkylation sites (tertiary alicyclic amines) is 1. The Bertz CT molecular complexity index is 943. The molecular weight excluding hydrogens is 393 g/mol. The summed E-state index contributed by atoms with van der Waals surface area (Å²) in [6.07, 6.45) is 3.87. The average molecular weight is 420 g/mol. The van der Waals surface area contributed by atoms with Gasteiger partial charge in [-0.15, -0.1) is 5.10 Å². The number of hydrogen-bond donors (Lipinski definition) is 0. The molecule has 156 valence electrons. The van der Waals surface area contributed by atoms with Crippen molar-refractivity contribution in [2.24, 2.45) is 0 Å². The first-order valence-electron chi connectivity index (χ1n) is 9.99. The number of nitrogens with zero attached hydrogens (tertiary/aromatic N) is 5. The molecule has 0 aromatic carbocycles. The minimum absolute atomic E-state index is 0.00776. The number of rotatable bonds is 7. The van der Waals surface area contributed by atoms with E-state index >= 15 is 0 Å². The highest BCUT2D eigenvalue weighted by atomic mass is 32.2. The average Bonchev–Trinajstić information content (AvgIpc) is 3.26. The highest BCUT2D eigenvalue weighted by Gasteiger charge is 2.28. The van der Waals surface area contributed by atoms with Gasteiger partial charge in [0.25, 0.3) is 0 Å². The van der Waals surface area contributed by atoms with E-state index in [1.807, 2.05) is 0 Å². The Labute approximate surface area is 173 Å². The highest BCUT2D eigenvalue weighted by molar-refractivity contribution is 7.99. The lowest BCUT2D eigenvalue weighted by Gasteiger charge is -2.40. The zero-order chi connectivity index (χ0) is 20.4. The summed E-state index contributed by atoms with van der Waals surface area (Å²) in [6.45, 7) is 8.78. The van der Waals surface area contributed by atoms with Crippen molar-refractivity contribution in [2.75, 3.05) is 12.3 Å². The summed E-state index contributed by atoms with van der Waals surface area (Å²) in [4.78, 5) is 18.2. The molecule has 1 fully saturated rings. The normalized spacial score (nSPS) is 21.6. The summed E-state index contributed by atoms with van der Waals surface area (Å²) in [6, 6.07) is 3.69. The molecule has 1 saturated heterocycles. The van der Waals surface area contributed by atoms with Gasteiger partial charge < -0.3 is 9.64 Å². The Morgan fingerprint density at radius 3 is 3.03 bits per heavy atom. The van der Waals surface area contributed by atoms with Crippen molar-refractivity contribution >= 4 is 11.8 Å². The van der Waals surface area contributed by atoms with Gasteiger partial charge in [-0.1, -0.05) is 24.4 Å². The monoisotopic (exact) mass is 419 g/mol. The Morgan fingerprint density at radius 1 is 1.41 bits per heavy atom. The molecular formula is C20H26FN5O2S. The molecule has 0 aliphatic carbocycles. The van der Waals surface area contributed by atoms with Crippen LogP contribution < -0.4 is 5.69 Å². The fraction of sp³-hybridized carbons (Fsp3) is 0.550. The van der Waals surface area contributed by atoms with Crippen molar-refractivity contribution in [1.82, 2.24) is 24.2 Å². The maximum absolute atomic E-state index is 13.7. The van der Waals surface area contributed by atoms with Crippen LogP contribution >= 0.6 is 11.8 Å². The van der Waals surface area contributed by atoms with Crippen molar-refractivity contribution in [3.8, 4) is 0 Å². The van der Waals surface area contributed by atoms with E-state index in [0.29, 0.717) is 12.1 Å². The van der Waals surface area contributed by atoms with Gasteiger partial charge in [-0.25, -0.2) is 14.5 Å². The van der Waals surface area contributed by atoms with E-state index in [4.69, 9.17) is 4.74 Å². The minimum Gasteiger partial charge on any atom is -0.373 e. The van der Waals surface area contributed by atoms with E-state index in [1.54, 1.807) is 33.1 Å². The smallest absolute Gasteiger partial charge is 0.346 e. The van der Waals surface area contributed by atoms with Crippen LogP contribution in [0.1, 0.15) is 31.7 Å². The predicted octanol–water partition coefficient (Wildman–Crippen LogP) is 2.66. The second-order valence-corrected chi connectivity index (χ2v) is 8.64. The van der Waals surface area contributed by atoms with Crippen molar-refractivity contribution in [3.63, 3.8) is 0 Å². The SMILES string of the molecule is C=C1CC(OCc2cccnc2F)CC(C)N1CCCn1nc2n(c1=O)CCS2. The third-order valence-electron chi connectivity index (χ3n) is 5.52. The molecule has 0 spiro atoms. The van der Waals surface area contributed by atoms with Crippen molar-refractivity contribution in [2.45, 2.75) is 63.2 Å². The molecule has 0 amide bonds. The van der Waals surface area contributed by atoms with E-state index in [2.05, 4.69) is 28.5 Å². The minimum atomic E-state index is -0.476. The molecule has 2 aromatic rings. The number of aromatic nitrogens is 4. The van der Waals surface area contributed by atoms with Crippen LogP contribution in [0, 0.1) is 5.95 Å². The molecule has 7 nitrogen and oxygen atoms in total. The van der Waals surface area contributed by atoms with Crippen LogP contribution in [-0.2, 0) is 24.4 Å². The fourth-order valence-corrected chi connectivity index (χ4v) is 4.94. The molecule has 2 aromatic heterocycles. The van der Waals surface area contributed by atoms with Crippen molar-refractivity contribution < 1.29 is 9.13 Å². The molecule has 4 heterocycles. The fourth-order valence-electron chi connectivity index (χ4n) is 4.01. The van der Waals surface area contributed by atoms with Gasteiger partial charge in [0.2, 0.25) is 5.95 Å². The van der Waals surface area contributed by atoms with E-state index in [1.165, 1.54) is 6.20 Å². The maximum Gasteiger partial charge on any atom is 0.346 e. The largest absolute Gasteiger partial charge is 0.373 e. The highest BCUT2D eigenvalue weighted by Crippen LogP contribution is 2.28. The van der Waals surface area contributed by atoms with Crippen LogP contribution in [-0.4, -0.2) is 48.7 Å². The first-order valence-corrected chi connectivity index (χ1v) is 11.0. The number of hydrogen-bond acceptors (Lipinski definition) is 6. The number of ether oxygens (including phenoxy) is 1. The number of aryl methyl sites for hydroxylation is 1. The van der Waals surface area contributed by atoms with E-state index in [0.717, 1.165) is 49.0 Å². The van der Waals surface area contributed by atoms with Crippen LogP contribution in [0.4, 0.5) is 4.39 Å². The van der Waals surface area contributed by atoms with Gasteiger partial charge in [-0.05, 0) is 25.8 Å². The van der Waals surface area contributed by atoms with Gasteiger partial charge in [0.05, 0.1) is 12.7 Å². The lowest BCUT2D eigenvalue weighted by Crippen LogP contribution is -2.42. The summed E-state index contributed by atoms with van der Waals surface area (Å²) in [7, 11) is 0. The van der Waals surface area contributed by atoms with Crippen LogP contribution in [0.2, 0.25) is 0 Å². The van der Waals surface area contributed by atoms with Gasteiger partial charge >= 0.3 is 5.69 Å². The third-order valence-corrected chi connectivity index (χ3v) is 6.47. The second kappa shape index (κ2) is 8.71. The maximum atomic E-state index is 13.7. The number of thioether (sulfide) groups is 1. The topological polar surface area (TPSA) is 65.2 Å². The quantitative estimate of drug-likeness (QED) is 0.643. The predicted molar refractivity (Wildman–Crippen MR) is 109 cm³/mol. The molecule has 9 heteroatoms. The summed E-state index contributed by atoms with van der Waals surface area (Å²) in [5.74, 6) is 0.455. The Balaban J connectivity index is 1.26. The Morgan fingerprint density at radius 2 is 2.28 bits per heavy atom. The first-order chi connectivity index (χ1) is 14.0. The van der Waals surface area contributed by atoms with Crippen LogP contribution in [0.3, 0.4) is 0 Å². The molecule has 29 heavy (non-hydrogen) atoms. The number of fused-ring (bicyclic) bond motifs is 1. The zero-order valence-corrected chi connectivity index (χ0v) is 17.4. The molecule has 4 rings (SSSR count). The molecule has 0 N–H and O–H groups in total. The van der Waals surface area contributed by atoms with Gasteiger partial charge in [0, 0.05) is 55.3 Å². The molecule has 0 saturated carbocycles. The standard InChI is InChI=1S/C20H26FN5O2S/c1-14-11-17(28-13-16-5-3-6-22-18(16)21)12-15(2)24(14)7-4-8-26-20(27)25-9-10-29-19(25)23-26/h3,5-6,15,17H,1,4,7-13H2,2H3. The number of halogens is 1. The second-order valence-electron chi connectivity index (χ2n) is 7.58. The molecule has 2 atom stereocenters. The number of pyridine rings is 1. The third kappa shape index (κ3) is 4.40. The first kappa shape index (κ1) is 20.2. The molecule has 2 aliphatic rings. The summed E-state index contributed by atoms with van der Waals surface area (Å²) in [5, 5.41) is 5.25. The summed E-state index contributed by atoms with van der Waals surface area (Å²) >= 11 is 1.63. The van der Waals surface area contributed by atoms with E-state index in [9.17, 15) is 9.18 Å². The number of piperidine rings is 1. The molecule has 0 radical (unpaired) electrons. The van der Waals surface area contributed by atoms with E-state index in [-0.39, 0.29) is 24.4 Å². The lowest BCUT2D eigenvalue weighted by atomic mass is 9.98. The van der Waals surface area contributed by atoms with Gasteiger partial charge in [-0.3, -0.25) is 4.57 Å². The van der Waals surface area contributed by atoms with Crippen LogP contribution in [0.25, 0.3) is 0 Å². The molecule has 0 bridgehead atoms. The molecule has 2 unspecified atom stereocenters. The van der Waals surface area contributed by atoms with Crippen LogP contribution in [0.15, 0.2) is 40.6 Å². The Kier molecular flexibility index (Phi) is 6.05. The summed E-state index contributed by atoms with van der Waals surface area (Å²) in [5.41, 5.74) is 1.49. The molecule has 2 aliphatic heterocycles. The lowest BCUT2D eigenvalue weighted by molar-refractivity contribution is -0.00460. The van der Waals surface area contributed by atoms with Crippen LogP contribution in [0.5, 0.6) is 0 Å². The van der Waals surface area contributed by atoms with Gasteiger partial charge in [-0.2, -0.15) is 4.39 Å².